The first-order valence-corrected chi connectivity index (χ1v) is 11.6. The molecule has 3 atom stereocenters. The fourth-order valence-corrected chi connectivity index (χ4v) is 5.70. The van der Waals surface area contributed by atoms with Gasteiger partial charge >= 0.3 is 0 Å². The maximum Gasteiger partial charge on any atom is 0.240 e. The number of rotatable bonds is 4. The van der Waals surface area contributed by atoms with Crippen LogP contribution < -0.4 is 9.80 Å². The first-order chi connectivity index (χ1) is 15.0. The van der Waals surface area contributed by atoms with Crippen molar-refractivity contribution in [3.05, 3.63) is 66.2 Å². The summed E-state index contributed by atoms with van der Waals surface area (Å²) in [7, 11) is 0. The molecule has 3 aliphatic rings. The van der Waals surface area contributed by atoms with Crippen molar-refractivity contribution >= 4 is 40.9 Å². The van der Waals surface area contributed by atoms with Gasteiger partial charge in [0.05, 0.1) is 22.8 Å². The van der Waals surface area contributed by atoms with E-state index in [9.17, 15) is 14.4 Å². The number of nitrogens with zero attached hydrogens (tertiary/aromatic N) is 2. The number of amides is 3. The Morgan fingerprint density at radius 1 is 0.968 bits per heavy atom. The number of imide groups is 1. The zero-order chi connectivity index (χ0) is 21.5. The average molecular weight is 433 g/mol. The van der Waals surface area contributed by atoms with E-state index in [-0.39, 0.29) is 34.8 Å². The third kappa shape index (κ3) is 3.49. The Bertz CT molecular complexity index is 1050. The second kappa shape index (κ2) is 8.00. The number of para-hydroxylation sites is 1. The molecule has 5 nitrogen and oxygen atoms in total. The molecular weight excluding hydrogens is 408 g/mol. The summed E-state index contributed by atoms with van der Waals surface area (Å²) in [6.45, 7) is 2.64. The number of benzene rings is 2. The summed E-state index contributed by atoms with van der Waals surface area (Å²) in [6.07, 6.45) is 6.15. The van der Waals surface area contributed by atoms with Crippen LogP contribution in [0.15, 0.2) is 65.6 Å². The zero-order valence-electron chi connectivity index (χ0n) is 17.4. The monoisotopic (exact) mass is 432 g/mol. The standard InChI is InChI=1S/C25H24N2O3S/c1-16(23(28)26-15-14-17-6-2-5-9-22(17)26)31-19-12-10-18(11-13-19)27-24(29)20-7-3-4-8-21(20)25(27)30/h2-6,9-13,16,20-21H,7-8,14-15H2,1H3/t16-,20+,21+/m1/s1. The van der Waals surface area contributed by atoms with E-state index in [1.54, 1.807) is 0 Å². The predicted molar refractivity (Wildman–Crippen MR) is 122 cm³/mol. The maximum absolute atomic E-state index is 13.0. The van der Waals surface area contributed by atoms with Gasteiger partial charge < -0.3 is 4.90 Å². The number of fused-ring (bicyclic) bond motifs is 2. The van der Waals surface area contributed by atoms with Crippen LogP contribution in [0.2, 0.25) is 0 Å². The van der Waals surface area contributed by atoms with Crippen LogP contribution in [0.5, 0.6) is 0 Å². The molecule has 0 saturated carbocycles. The molecule has 1 fully saturated rings. The van der Waals surface area contributed by atoms with Crippen LogP contribution in [0.25, 0.3) is 0 Å². The first kappa shape index (κ1) is 20.1. The topological polar surface area (TPSA) is 57.7 Å². The van der Waals surface area contributed by atoms with Gasteiger partial charge in [0.15, 0.2) is 0 Å². The second-order valence-corrected chi connectivity index (χ2v) is 9.70. The Morgan fingerprint density at radius 3 is 2.29 bits per heavy atom. The second-order valence-electron chi connectivity index (χ2n) is 8.29. The van der Waals surface area contributed by atoms with Crippen LogP contribution in [-0.4, -0.2) is 29.5 Å². The lowest BCUT2D eigenvalue weighted by molar-refractivity contribution is -0.122. The number of carbonyl (C=O) groups is 3. The van der Waals surface area contributed by atoms with Crippen molar-refractivity contribution < 1.29 is 14.4 Å². The van der Waals surface area contributed by atoms with Crippen molar-refractivity contribution in [2.45, 2.75) is 36.3 Å². The van der Waals surface area contributed by atoms with E-state index in [1.165, 1.54) is 22.2 Å². The average Bonchev–Trinajstić information content (AvgIpc) is 3.33. The highest BCUT2D eigenvalue weighted by Crippen LogP contribution is 2.38. The molecule has 0 radical (unpaired) electrons. The maximum atomic E-state index is 13.0. The molecule has 0 N–H and O–H groups in total. The van der Waals surface area contributed by atoms with Gasteiger partial charge in [0, 0.05) is 17.1 Å². The number of allylic oxidation sites excluding steroid dienone is 2. The number of hydrogen-bond acceptors (Lipinski definition) is 4. The van der Waals surface area contributed by atoms with E-state index in [0.29, 0.717) is 18.5 Å². The summed E-state index contributed by atoms with van der Waals surface area (Å²) in [5.41, 5.74) is 2.84. The largest absolute Gasteiger partial charge is 0.311 e. The van der Waals surface area contributed by atoms with Crippen molar-refractivity contribution in [3.8, 4) is 0 Å². The van der Waals surface area contributed by atoms with E-state index < -0.39 is 0 Å². The van der Waals surface area contributed by atoms with Crippen molar-refractivity contribution in [3.63, 3.8) is 0 Å². The van der Waals surface area contributed by atoms with Gasteiger partial charge in [-0.2, -0.15) is 0 Å². The van der Waals surface area contributed by atoms with E-state index in [4.69, 9.17) is 0 Å². The minimum atomic E-state index is -0.235. The quantitative estimate of drug-likeness (QED) is 0.413. The lowest BCUT2D eigenvalue weighted by Crippen LogP contribution is -2.35. The molecule has 2 aromatic carbocycles. The number of hydrogen-bond donors (Lipinski definition) is 0. The molecule has 5 rings (SSSR count). The minimum absolute atomic E-state index is 0.0977. The number of anilines is 2. The molecule has 158 valence electrons. The molecule has 0 spiro atoms. The summed E-state index contributed by atoms with van der Waals surface area (Å²) in [4.78, 5) is 42.7. The minimum Gasteiger partial charge on any atom is -0.311 e. The molecule has 3 amide bonds. The summed E-state index contributed by atoms with van der Waals surface area (Å²) >= 11 is 1.50. The van der Waals surface area contributed by atoms with Crippen molar-refractivity contribution in [1.29, 1.82) is 0 Å². The summed E-state index contributed by atoms with van der Waals surface area (Å²) in [6, 6.07) is 15.5. The Balaban J connectivity index is 1.27. The van der Waals surface area contributed by atoms with Gasteiger partial charge in [0.25, 0.3) is 0 Å². The third-order valence-corrected chi connectivity index (χ3v) is 7.52. The fraction of sp³-hybridized carbons (Fsp3) is 0.320. The molecule has 2 aliphatic heterocycles. The van der Waals surface area contributed by atoms with Crippen LogP contribution in [0.3, 0.4) is 0 Å². The molecule has 31 heavy (non-hydrogen) atoms. The van der Waals surface area contributed by atoms with Gasteiger partial charge in [0.1, 0.15) is 0 Å². The SMILES string of the molecule is C[C@@H](Sc1ccc(N2C(=O)[C@H]3CC=CC[C@@H]3C2=O)cc1)C(=O)N1CCc2ccccc21. The Morgan fingerprint density at radius 2 is 1.61 bits per heavy atom. The first-order valence-electron chi connectivity index (χ1n) is 10.7. The van der Waals surface area contributed by atoms with Gasteiger partial charge in [-0.3, -0.25) is 19.3 Å². The van der Waals surface area contributed by atoms with E-state index >= 15 is 0 Å². The van der Waals surface area contributed by atoms with Crippen LogP contribution in [0.4, 0.5) is 11.4 Å². The summed E-state index contributed by atoms with van der Waals surface area (Å²) < 4.78 is 0. The van der Waals surface area contributed by atoms with Crippen molar-refractivity contribution in [2.24, 2.45) is 11.8 Å². The van der Waals surface area contributed by atoms with Gasteiger partial charge in [-0.1, -0.05) is 30.4 Å². The zero-order valence-corrected chi connectivity index (χ0v) is 18.2. The molecule has 0 aromatic heterocycles. The van der Waals surface area contributed by atoms with Crippen LogP contribution >= 0.6 is 11.8 Å². The van der Waals surface area contributed by atoms with Gasteiger partial charge in [-0.05, 0) is 62.1 Å². The van der Waals surface area contributed by atoms with Crippen molar-refractivity contribution in [1.82, 2.24) is 0 Å². The smallest absolute Gasteiger partial charge is 0.240 e. The number of thioether (sulfide) groups is 1. The lowest BCUT2D eigenvalue weighted by atomic mass is 9.85. The van der Waals surface area contributed by atoms with Gasteiger partial charge in [-0.25, -0.2) is 0 Å². The van der Waals surface area contributed by atoms with E-state index in [1.807, 2.05) is 66.4 Å². The molecular formula is C25H24N2O3S. The molecule has 2 heterocycles. The highest BCUT2D eigenvalue weighted by molar-refractivity contribution is 8.00. The van der Waals surface area contributed by atoms with Gasteiger partial charge in [-0.15, -0.1) is 11.8 Å². The number of carbonyl (C=O) groups excluding carboxylic acids is 3. The molecule has 1 saturated heterocycles. The molecule has 6 heteroatoms. The Labute approximate surface area is 186 Å². The summed E-state index contributed by atoms with van der Waals surface area (Å²) in [5.74, 6) is -0.562. The van der Waals surface area contributed by atoms with E-state index in [0.717, 1.165) is 23.5 Å². The lowest BCUT2D eigenvalue weighted by Gasteiger charge is -2.21. The fourth-order valence-electron chi connectivity index (χ4n) is 4.77. The highest BCUT2D eigenvalue weighted by Gasteiger charge is 2.47. The molecule has 0 unspecified atom stereocenters. The molecule has 2 aromatic rings. The van der Waals surface area contributed by atoms with Crippen LogP contribution in [-0.2, 0) is 20.8 Å². The Hall–Kier alpha value is -2.86. The van der Waals surface area contributed by atoms with Crippen LogP contribution in [0, 0.1) is 11.8 Å². The highest BCUT2D eigenvalue weighted by atomic mass is 32.2. The molecule has 1 aliphatic carbocycles. The van der Waals surface area contributed by atoms with Crippen LogP contribution in [0.1, 0.15) is 25.3 Å². The normalized spacial score (nSPS) is 23.1. The van der Waals surface area contributed by atoms with E-state index in [2.05, 4.69) is 6.07 Å². The molecule has 0 bridgehead atoms. The summed E-state index contributed by atoms with van der Waals surface area (Å²) in [5, 5.41) is -0.235. The Kier molecular flexibility index (Phi) is 5.18. The van der Waals surface area contributed by atoms with Gasteiger partial charge in [0.2, 0.25) is 17.7 Å². The third-order valence-electron chi connectivity index (χ3n) is 6.42. The van der Waals surface area contributed by atoms with Crippen molar-refractivity contribution in [2.75, 3.05) is 16.3 Å². The predicted octanol–water partition coefficient (Wildman–Crippen LogP) is 4.21.